The van der Waals surface area contributed by atoms with E-state index in [-0.39, 0.29) is 17.3 Å². The van der Waals surface area contributed by atoms with Gasteiger partial charge in [0.1, 0.15) is 11.4 Å². The molecule has 6 heteroatoms. The fourth-order valence-corrected chi connectivity index (χ4v) is 1.26. The Labute approximate surface area is 104 Å². The standard InChI is InChI=1S/C12H15FN2O3/c1-6-5-7(15-11(18)12(2,3)4)14-9(13)8(6)10(16)17/h5H,1-4H3,(H,16,17)(H,14,15,18). The van der Waals surface area contributed by atoms with Crippen LogP contribution in [0.5, 0.6) is 0 Å². The molecule has 0 saturated carbocycles. The highest BCUT2D eigenvalue weighted by Gasteiger charge is 2.23. The molecule has 0 aromatic carbocycles. The van der Waals surface area contributed by atoms with E-state index in [1.165, 1.54) is 13.0 Å². The topological polar surface area (TPSA) is 79.3 Å². The number of nitrogens with zero attached hydrogens (tertiary/aromatic N) is 1. The maximum absolute atomic E-state index is 13.5. The highest BCUT2D eigenvalue weighted by molar-refractivity contribution is 5.94. The van der Waals surface area contributed by atoms with Gasteiger partial charge in [-0.15, -0.1) is 0 Å². The first-order valence-electron chi connectivity index (χ1n) is 5.35. The van der Waals surface area contributed by atoms with Crippen LogP contribution >= 0.6 is 0 Å². The normalized spacial score (nSPS) is 11.2. The first-order chi connectivity index (χ1) is 8.12. The summed E-state index contributed by atoms with van der Waals surface area (Å²) in [7, 11) is 0. The molecule has 0 fully saturated rings. The van der Waals surface area contributed by atoms with E-state index >= 15 is 0 Å². The Hall–Kier alpha value is -1.98. The summed E-state index contributed by atoms with van der Waals surface area (Å²) < 4.78 is 13.5. The van der Waals surface area contributed by atoms with E-state index in [1.54, 1.807) is 20.8 Å². The lowest BCUT2D eigenvalue weighted by Gasteiger charge is -2.17. The maximum atomic E-state index is 13.5. The number of aromatic nitrogens is 1. The third-order valence-corrected chi connectivity index (χ3v) is 2.31. The highest BCUT2D eigenvalue weighted by Crippen LogP contribution is 2.19. The lowest BCUT2D eigenvalue weighted by Crippen LogP contribution is -2.28. The molecule has 0 aliphatic carbocycles. The summed E-state index contributed by atoms with van der Waals surface area (Å²) in [6.45, 7) is 6.56. The number of amides is 1. The zero-order valence-electron chi connectivity index (χ0n) is 10.7. The number of carbonyl (C=O) groups excluding carboxylic acids is 1. The van der Waals surface area contributed by atoms with Gasteiger partial charge in [-0.1, -0.05) is 20.8 Å². The Balaban J connectivity index is 3.08. The van der Waals surface area contributed by atoms with E-state index in [2.05, 4.69) is 10.3 Å². The van der Waals surface area contributed by atoms with Crippen LogP contribution in [-0.2, 0) is 4.79 Å². The van der Waals surface area contributed by atoms with Crippen molar-refractivity contribution in [2.45, 2.75) is 27.7 Å². The van der Waals surface area contributed by atoms with Crippen molar-refractivity contribution in [1.82, 2.24) is 4.98 Å². The molecule has 1 rings (SSSR count). The van der Waals surface area contributed by atoms with Crippen molar-refractivity contribution < 1.29 is 19.1 Å². The van der Waals surface area contributed by atoms with Gasteiger partial charge >= 0.3 is 5.97 Å². The largest absolute Gasteiger partial charge is 0.478 e. The quantitative estimate of drug-likeness (QED) is 0.793. The van der Waals surface area contributed by atoms with Gasteiger partial charge in [0.25, 0.3) is 0 Å². The smallest absolute Gasteiger partial charge is 0.340 e. The maximum Gasteiger partial charge on any atom is 0.340 e. The van der Waals surface area contributed by atoms with Crippen LogP contribution in [0.2, 0.25) is 0 Å². The summed E-state index contributed by atoms with van der Waals surface area (Å²) in [4.78, 5) is 25.9. The monoisotopic (exact) mass is 254 g/mol. The third-order valence-electron chi connectivity index (χ3n) is 2.31. The number of pyridine rings is 1. The number of halogens is 1. The molecule has 5 nitrogen and oxygen atoms in total. The number of hydrogen-bond acceptors (Lipinski definition) is 3. The van der Waals surface area contributed by atoms with Crippen LogP contribution in [-0.4, -0.2) is 22.0 Å². The molecule has 0 aliphatic heterocycles. The van der Waals surface area contributed by atoms with Gasteiger partial charge in [0, 0.05) is 5.41 Å². The molecule has 0 atom stereocenters. The molecule has 0 unspecified atom stereocenters. The molecule has 0 spiro atoms. The van der Waals surface area contributed by atoms with Gasteiger partial charge in [-0.2, -0.15) is 4.39 Å². The molecule has 1 aromatic heterocycles. The van der Waals surface area contributed by atoms with Gasteiger partial charge in [0.15, 0.2) is 0 Å². The highest BCUT2D eigenvalue weighted by atomic mass is 19.1. The SMILES string of the molecule is Cc1cc(NC(=O)C(C)(C)C)nc(F)c1C(=O)O. The van der Waals surface area contributed by atoms with Crippen molar-refractivity contribution in [3.8, 4) is 0 Å². The molecular weight excluding hydrogens is 239 g/mol. The second kappa shape index (κ2) is 4.72. The van der Waals surface area contributed by atoms with Crippen molar-refractivity contribution in [3.63, 3.8) is 0 Å². The fourth-order valence-electron chi connectivity index (χ4n) is 1.26. The van der Waals surface area contributed by atoms with E-state index in [0.29, 0.717) is 0 Å². The van der Waals surface area contributed by atoms with Gasteiger partial charge in [-0.3, -0.25) is 4.79 Å². The van der Waals surface area contributed by atoms with Gasteiger partial charge in [0.05, 0.1) is 0 Å². The number of anilines is 1. The molecule has 0 radical (unpaired) electrons. The van der Waals surface area contributed by atoms with Crippen LogP contribution < -0.4 is 5.32 Å². The summed E-state index contributed by atoms with van der Waals surface area (Å²) in [5.41, 5.74) is -0.916. The first-order valence-corrected chi connectivity index (χ1v) is 5.35. The van der Waals surface area contributed by atoms with Crippen molar-refractivity contribution in [2.75, 3.05) is 5.32 Å². The minimum Gasteiger partial charge on any atom is -0.478 e. The fraction of sp³-hybridized carbons (Fsp3) is 0.417. The summed E-state index contributed by atoms with van der Waals surface area (Å²) in [6.07, 6.45) is 0. The van der Waals surface area contributed by atoms with Crippen molar-refractivity contribution >= 4 is 17.7 Å². The predicted molar refractivity (Wildman–Crippen MR) is 64.0 cm³/mol. The van der Waals surface area contributed by atoms with Crippen LogP contribution in [0.15, 0.2) is 6.07 Å². The van der Waals surface area contributed by atoms with Gasteiger partial charge in [0.2, 0.25) is 11.9 Å². The Morgan fingerprint density at radius 1 is 1.39 bits per heavy atom. The Kier molecular flexibility index (Phi) is 3.69. The number of nitrogens with one attached hydrogen (secondary N) is 1. The molecule has 1 amide bonds. The summed E-state index contributed by atoms with van der Waals surface area (Å²) >= 11 is 0. The zero-order chi connectivity index (χ0) is 14.1. The lowest BCUT2D eigenvalue weighted by molar-refractivity contribution is -0.123. The average Bonchev–Trinajstić information content (AvgIpc) is 2.13. The summed E-state index contributed by atoms with van der Waals surface area (Å²) in [6, 6.07) is 1.33. The molecular formula is C12H15FN2O3. The molecule has 0 bridgehead atoms. The van der Waals surface area contributed by atoms with Crippen molar-refractivity contribution in [3.05, 3.63) is 23.1 Å². The first kappa shape index (κ1) is 14.1. The van der Waals surface area contributed by atoms with Gasteiger partial charge in [-0.25, -0.2) is 9.78 Å². The molecule has 98 valence electrons. The second-order valence-electron chi connectivity index (χ2n) is 5.00. The molecule has 1 aromatic rings. The Morgan fingerprint density at radius 3 is 2.33 bits per heavy atom. The van der Waals surface area contributed by atoms with Crippen molar-refractivity contribution in [1.29, 1.82) is 0 Å². The number of aryl methyl sites for hydroxylation is 1. The van der Waals surface area contributed by atoms with E-state index in [1.807, 2.05) is 0 Å². The van der Waals surface area contributed by atoms with E-state index in [9.17, 15) is 14.0 Å². The molecule has 0 aliphatic rings. The van der Waals surface area contributed by atoms with Crippen LogP contribution in [0, 0.1) is 18.3 Å². The number of rotatable bonds is 2. The number of aromatic carboxylic acids is 1. The predicted octanol–water partition coefficient (Wildman–Crippen LogP) is 2.21. The molecule has 2 N–H and O–H groups in total. The van der Waals surface area contributed by atoms with Crippen LogP contribution in [0.1, 0.15) is 36.7 Å². The second-order valence-corrected chi connectivity index (χ2v) is 5.00. The van der Waals surface area contributed by atoms with Crippen LogP contribution in [0.4, 0.5) is 10.2 Å². The average molecular weight is 254 g/mol. The Bertz CT molecular complexity index is 484. The zero-order valence-corrected chi connectivity index (χ0v) is 10.7. The minimum absolute atomic E-state index is 0.00919. The lowest BCUT2D eigenvalue weighted by atomic mass is 9.96. The molecule has 1 heterocycles. The minimum atomic E-state index is -1.38. The summed E-state index contributed by atoms with van der Waals surface area (Å²) in [5.74, 6) is -2.80. The Morgan fingerprint density at radius 2 is 1.94 bits per heavy atom. The van der Waals surface area contributed by atoms with E-state index in [4.69, 9.17) is 5.11 Å². The van der Waals surface area contributed by atoms with Gasteiger partial charge in [-0.05, 0) is 18.6 Å². The van der Waals surface area contributed by atoms with E-state index in [0.717, 1.165) is 0 Å². The van der Waals surface area contributed by atoms with E-state index < -0.39 is 22.9 Å². The number of carboxylic acid groups (broad SMARTS) is 1. The van der Waals surface area contributed by atoms with Gasteiger partial charge < -0.3 is 10.4 Å². The van der Waals surface area contributed by atoms with Crippen LogP contribution in [0.25, 0.3) is 0 Å². The number of hydrogen-bond donors (Lipinski definition) is 2. The number of carbonyl (C=O) groups is 2. The van der Waals surface area contributed by atoms with Crippen molar-refractivity contribution in [2.24, 2.45) is 5.41 Å². The summed E-state index contributed by atoms with van der Waals surface area (Å²) in [5, 5.41) is 11.2. The third kappa shape index (κ3) is 3.03. The van der Waals surface area contributed by atoms with Crippen LogP contribution in [0.3, 0.4) is 0 Å². The number of carboxylic acids is 1. The molecule has 18 heavy (non-hydrogen) atoms. The molecule has 0 saturated heterocycles.